The molecule has 0 radical (unpaired) electrons. The summed E-state index contributed by atoms with van der Waals surface area (Å²) in [5.74, 6) is -1.13. The highest BCUT2D eigenvalue weighted by atomic mass is 32.2. The van der Waals surface area contributed by atoms with Gasteiger partial charge in [0, 0.05) is 0 Å². The molecule has 2 aromatic rings. The van der Waals surface area contributed by atoms with Gasteiger partial charge in [0.05, 0.1) is 22.4 Å². The van der Waals surface area contributed by atoms with Crippen LogP contribution in [-0.4, -0.2) is 14.3 Å². The summed E-state index contributed by atoms with van der Waals surface area (Å²) in [5.41, 5.74) is 0.976. The van der Waals surface area contributed by atoms with E-state index in [1.54, 1.807) is 24.3 Å². The molecule has 0 aliphatic carbocycles. The Bertz CT molecular complexity index is 840. The molecule has 0 aliphatic heterocycles. The average molecular weight is 328 g/mol. The Morgan fingerprint density at radius 2 is 1.87 bits per heavy atom. The van der Waals surface area contributed by atoms with Crippen LogP contribution in [0, 0.1) is 11.3 Å². The Kier molecular flexibility index (Phi) is 5.14. The van der Waals surface area contributed by atoms with Crippen LogP contribution in [-0.2, 0) is 14.8 Å². The zero-order valence-electron chi connectivity index (χ0n) is 12.6. The molecule has 2 aromatic carbocycles. The summed E-state index contributed by atoms with van der Waals surface area (Å²) in [7, 11) is -4.01. The first-order valence-corrected chi connectivity index (χ1v) is 8.58. The highest BCUT2D eigenvalue weighted by Crippen LogP contribution is 2.20. The number of nitrogens with zero attached hydrogens (tertiary/aromatic N) is 1. The summed E-state index contributed by atoms with van der Waals surface area (Å²) in [4.78, 5) is 12.3. The second kappa shape index (κ2) is 7.07. The summed E-state index contributed by atoms with van der Waals surface area (Å²) in [6.45, 7) is 1.82. The van der Waals surface area contributed by atoms with E-state index in [0.29, 0.717) is 6.42 Å². The molecule has 1 amide bonds. The quantitative estimate of drug-likeness (QED) is 0.914. The van der Waals surface area contributed by atoms with Crippen molar-refractivity contribution in [1.29, 1.82) is 5.26 Å². The topological polar surface area (TPSA) is 87.0 Å². The molecule has 6 heteroatoms. The Hall–Kier alpha value is -2.65. The molecular weight excluding hydrogens is 312 g/mol. The fraction of sp³-hybridized carbons (Fsp3) is 0.176. The number of nitriles is 1. The maximum absolute atomic E-state index is 12.4. The number of hydrogen-bond acceptors (Lipinski definition) is 4. The first kappa shape index (κ1) is 16.7. The number of sulfonamides is 1. The van der Waals surface area contributed by atoms with Crippen LogP contribution in [0.3, 0.4) is 0 Å². The van der Waals surface area contributed by atoms with Crippen LogP contribution in [0.15, 0.2) is 59.5 Å². The Balaban J connectivity index is 2.25. The van der Waals surface area contributed by atoms with Gasteiger partial charge in [-0.05, 0) is 30.2 Å². The van der Waals surface area contributed by atoms with E-state index in [1.807, 2.05) is 19.1 Å². The van der Waals surface area contributed by atoms with Crippen LogP contribution in [0.5, 0.6) is 0 Å². The molecule has 1 unspecified atom stereocenters. The Morgan fingerprint density at radius 3 is 2.48 bits per heavy atom. The maximum Gasteiger partial charge on any atom is 0.264 e. The van der Waals surface area contributed by atoms with E-state index in [4.69, 9.17) is 5.26 Å². The smallest absolute Gasteiger partial charge is 0.264 e. The second-order valence-corrected chi connectivity index (χ2v) is 6.66. The predicted octanol–water partition coefficient (Wildman–Crippen LogP) is 2.56. The molecule has 5 nitrogen and oxygen atoms in total. The molecule has 0 heterocycles. The average Bonchev–Trinajstić information content (AvgIpc) is 2.56. The van der Waals surface area contributed by atoms with Gasteiger partial charge in [0.2, 0.25) is 5.91 Å². The number of carbonyl (C=O) groups excluding carboxylic acids is 1. The molecule has 118 valence electrons. The van der Waals surface area contributed by atoms with Crippen LogP contribution in [0.2, 0.25) is 0 Å². The molecule has 0 saturated heterocycles. The molecule has 0 spiro atoms. The first-order chi connectivity index (χ1) is 11.0. The van der Waals surface area contributed by atoms with E-state index in [1.165, 1.54) is 24.3 Å². The Morgan fingerprint density at radius 1 is 1.17 bits per heavy atom. The Labute approximate surface area is 135 Å². The minimum atomic E-state index is -4.01. The van der Waals surface area contributed by atoms with Crippen LogP contribution in [0.25, 0.3) is 0 Å². The van der Waals surface area contributed by atoms with Gasteiger partial charge in [-0.2, -0.15) is 5.26 Å². The van der Waals surface area contributed by atoms with Gasteiger partial charge in [0.1, 0.15) is 0 Å². The number of nitrogens with one attached hydrogen (secondary N) is 1. The van der Waals surface area contributed by atoms with Gasteiger partial charge in [0.25, 0.3) is 10.0 Å². The summed E-state index contributed by atoms with van der Waals surface area (Å²) in [6, 6.07) is 16.4. The number of benzene rings is 2. The first-order valence-electron chi connectivity index (χ1n) is 7.09. The molecule has 1 atom stereocenters. The second-order valence-electron chi connectivity index (χ2n) is 4.98. The monoisotopic (exact) mass is 328 g/mol. The molecule has 0 saturated carbocycles. The van der Waals surface area contributed by atoms with E-state index in [2.05, 4.69) is 4.72 Å². The van der Waals surface area contributed by atoms with E-state index in [0.717, 1.165) is 5.56 Å². The van der Waals surface area contributed by atoms with Crippen molar-refractivity contribution in [2.24, 2.45) is 0 Å². The third-order valence-electron chi connectivity index (χ3n) is 3.44. The van der Waals surface area contributed by atoms with Crippen molar-refractivity contribution in [2.75, 3.05) is 0 Å². The highest BCUT2D eigenvalue weighted by Gasteiger charge is 2.24. The lowest BCUT2D eigenvalue weighted by Crippen LogP contribution is -2.34. The van der Waals surface area contributed by atoms with Gasteiger partial charge < -0.3 is 0 Å². The number of hydrogen-bond donors (Lipinski definition) is 1. The maximum atomic E-state index is 12.4. The molecule has 2 rings (SSSR count). The van der Waals surface area contributed by atoms with Crippen LogP contribution < -0.4 is 4.72 Å². The van der Waals surface area contributed by atoms with Gasteiger partial charge in [0.15, 0.2) is 0 Å². The molecule has 0 bridgehead atoms. The normalized spacial score (nSPS) is 12.2. The molecule has 0 fully saturated rings. The highest BCUT2D eigenvalue weighted by molar-refractivity contribution is 7.90. The summed E-state index contributed by atoms with van der Waals surface area (Å²) >= 11 is 0. The van der Waals surface area contributed by atoms with Gasteiger partial charge in [-0.1, -0.05) is 43.3 Å². The van der Waals surface area contributed by atoms with Crippen molar-refractivity contribution in [1.82, 2.24) is 4.72 Å². The third kappa shape index (κ3) is 3.96. The van der Waals surface area contributed by atoms with E-state index < -0.39 is 21.8 Å². The molecule has 0 aromatic heterocycles. The van der Waals surface area contributed by atoms with Crippen molar-refractivity contribution in [3.05, 3.63) is 65.7 Å². The summed E-state index contributed by atoms with van der Waals surface area (Å²) in [6.07, 6.45) is 0.476. The lowest BCUT2D eigenvalue weighted by Gasteiger charge is -2.15. The van der Waals surface area contributed by atoms with Crippen molar-refractivity contribution in [3.8, 4) is 6.07 Å². The molecule has 23 heavy (non-hydrogen) atoms. The van der Waals surface area contributed by atoms with Gasteiger partial charge in [-0.25, -0.2) is 13.1 Å². The van der Waals surface area contributed by atoms with Crippen molar-refractivity contribution in [3.63, 3.8) is 0 Å². The largest absolute Gasteiger partial charge is 0.273 e. The van der Waals surface area contributed by atoms with Crippen LogP contribution >= 0.6 is 0 Å². The summed E-state index contributed by atoms with van der Waals surface area (Å²) < 4.78 is 26.7. The third-order valence-corrected chi connectivity index (χ3v) is 4.78. The van der Waals surface area contributed by atoms with E-state index in [-0.39, 0.29) is 10.5 Å². The van der Waals surface area contributed by atoms with Crippen molar-refractivity contribution < 1.29 is 13.2 Å². The van der Waals surface area contributed by atoms with Gasteiger partial charge in [-0.15, -0.1) is 0 Å². The molecule has 0 aliphatic rings. The number of amides is 1. The van der Waals surface area contributed by atoms with E-state index >= 15 is 0 Å². The summed E-state index contributed by atoms with van der Waals surface area (Å²) in [5, 5.41) is 8.85. The minimum Gasteiger partial charge on any atom is -0.273 e. The molecular formula is C17H16N2O3S. The number of carbonyl (C=O) groups is 1. The van der Waals surface area contributed by atoms with Crippen LogP contribution in [0.4, 0.5) is 0 Å². The zero-order valence-corrected chi connectivity index (χ0v) is 13.4. The lowest BCUT2D eigenvalue weighted by atomic mass is 9.96. The fourth-order valence-electron chi connectivity index (χ4n) is 2.25. The van der Waals surface area contributed by atoms with E-state index in [9.17, 15) is 13.2 Å². The standard InChI is InChI=1S/C17H16N2O3S/c1-2-16(14-8-4-3-5-9-14)17(20)19-23(21,22)15-10-6-7-13(11-15)12-18/h3-11,16H,2H2,1H3,(H,19,20). The SMILES string of the molecule is CCC(C(=O)NS(=O)(=O)c1cccc(C#N)c1)c1ccccc1. The van der Waals surface area contributed by atoms with Gasteiger partial charge >= 0.3 is 0 Å². The van der Waals surface area contributed by atoms with Crippen molar-refractivity contribution in [2.45, 2.75) is 24.2 Å². The van der Waals surface area contributed by atoms with Crippen molar-refractivity contribution >= 4 is 15.9 Å². The van der Waals surface area contributed by atoms with Gasteiger partial charge in [-0.3, -0.25) is 4.79 Å². The zero-order chi connectivity index (χ0) is 16.9. The minimum absolute atomic E-state index is 0.104. The number of rotatable bonds is 5. The molecule has 1 N–H and O–H groups in total. The fourth-order valence-corrected chi connectivity index (χ4v) is 3.32. The van der Waals surface area contributed by atoms with Crippen LogP contribution in [0.1, 0.15) is 30.4 Å². The predicted molar refractivity (Wildman–Crippen MR) is 86.0 cm³/mol. The lowest BCUT2D eigenvalue weighted by molar-refractivity contribution is -0.120.